The van der Waals surface area contributed by atoms with Gasteiger partial charge in [0.15, 0.2) is 5.76 Å². The van der Waals surface area contributed by atoms with E-state index < -0.39 is 21.7 Å². The SMILES string of the molecule is Cc1c(C(=O)NCc2ccco2)oc2c1/C(=N/NS(=O)(=O)c1ccc(F)cc1)CCC2. The molecule has 1 aliphatic rings. The summed E-state index contributed by atoms with van der Waals surface area (Å²) in [6.45, 7) is 1.95. The fourth-order valence-electron chi connectivity index (χ4n) is 3.44. The molecular weight excluding hydrogens is 425 g/mol. The van der Waals surface area contributed by atoms with Crippen molar-refractivity contribution < 1.29 is 26.4 Å². The minimum atomic E-state index is -3.96. The van der Waals surface area contributed by atoms with Crippen LogP contribution in [0.4, 0.5) is 4.39 Å². The summed E-state index contributed by atoms with van der Waals surface area (Å²) in [6.07, 6.45) is 3.36. The number of hydrogen-bond acceptors (Lipinski definition) is 6. The summed E-state index contributed by atoms with van der Waals surface area (Å²) in [5.74, 6) is 0.433. The van der Waals surface area contributed by atoms with Gasteiger partial charge >= 0.3 is 0 Å². The van der Waals surface area contributed by atoms with Crippen molar-refractivity contribution in [2.75, 3.05) is 0 Å². The van der Waals surface area contributed by atoms with Crippen molar-refractivity contribution in [1.29, 1.82) is 0 Å². The van der Waals surface area contributed by atoms with Crippen molar-refractivity contribution in [2.24, 2.45) is 5.10 Å². The second kappa shape index (κ2) is 8.38. The standard InChI is InChI=1S/C21H20FN3O5S/c1-13-19-17(24-25-31(27,28)16-9-7-14(22)8-10-16)5-2-6-18(19)30-20(13)21(26)23-12-15-4-3-11-29-15/h3-4,7-11,25H,2,5-6,12H2,1H3,(H,23,26)/b24-17+. The predicted octanol–water partition coefficient (Wildman–Crippen LogP) is 3.27. The van der Waals surface area contributed by atoms with Crippen LogP contribution in [-0.2, 0) is 23.0 Å². The number of carbonyl (C=O) groups excluding carboxylic acids is 1. The van der Waals surface area contributed by atoms with Gasteiger partial charge in [0.25, 0.3) is 15.9 Å². The minimum Gasteiger partial charge on any atom is -0.467 e. The van der Waals surface area contributed by atoms with Gasteiger partial charge in [-0.3, -0.25) is 4.79 Å². The number of rotatable bonds is 6. The van der Waals surface area contributed by atoms with Crippen molar-refractivity contribution in [3.63, 3.8) is 0 Å². The molecule has 8 nitrogen and oxygen atoms in total. The summed E-state index contributed by atoms with van der Waals surface area (Å²) in [4.78, 5) is 14.7. The molecule has 0 saturated carbocycles. The quantitative estimate of drug-likeness (QED) is 0.566. The third-order valence-electron chi connectivity index (χ3n) is 4.96. The molecule has 0 radical (unpaired) electrons. The van der Waals surface area contributed by atoms with Crippen LogP contribution in [0.15, 0.2) is 61.5 Å². The van der Waals surface area contributed by atoms with Gasteiger partial charge in [-0.15, -0.1) is 0 Å². The highest BCUT2D eigenvalue weighted by molar-refractivity contribution is 7.89. The highest BCUT2D eigenvalue weighted by Gasteiger charge is 2.28. The molecule has 162 valence electrons. The number of furan rings is 2. The van der Waals surface area contributed by atoms with E-state index in [1.165, 1.54) is 6.26 Å². The van der Waals surface area contributed by atoms with Crippen LogP contribution >= 0.6 is 0 Å². The predicted molar refractivity (Wildman–Crippen MR) is 110 cm³/mol. The van der Waals surface area contributed by atoms with Crippen molar-refractivity contribution in [3.05, 3.63) is 76.9 Å². The smallest absolute Gasteiger partial charge is 0.287 e. The van der Waals surface area contributed by atoms with E-state index in [1.807, 2.05) is 0 Å². The fraction of sp³-hybridized carbons (Fsp3) is 0.238. The second-order valence-electron chi connectivity index (χ2n) is 7.08. The van der Waals surface area contributed by atoms with Crippen LogP contribution in [0, 0.1) is 12.7 Å². The number of fused-ring (bicyclic) bond motifs is 1. The molecule has 0 unspecified atom stereocenters. The third-order valence-corrected chi connectivity index (χ3v) is 6.18. The van der Waals surface area contributed by atoms with Gasteiger partial charge in [0.05, 0.1) is 23.4 Å². The Balaban J connectivity index is 1.56. The Hall–Kier alpha value is -3.40. The van der Waals surface area contributed by atoms with Gasteiger partial charge in [0, 0.05) is 17.5 Å². The number of hydrazone groups is 1. The molecule has 0 saturated heterocycles. The molecule has 2 heterocycles. The summed E-state index contributed by atoms with van der Waals surface area (Å²) >= 11 is 0. The highest BCUT2D eigenvalue weighted by atomic mass is 32.2. The molecule has 10 heteroatoms. The number of nitrogens with zero attached hydrogens (tertiary/aromatic N) is 1. The largest absolute Gasteiger partial charge is 0.467 e. The van der Waals surface area contributed by atoms with E-state index in [-0.39, 0.29) is 17.2 Å². The molecule has 4 rings (SSSR count). The van der Waals surface area contributed by atoms with Crippen LogP contribution in [0.3, 0.4) is 0 Å². The summed E-state index contributed by atoms with van der Waals surface area (Å²) in [5.41, 5.74) is 1.71. The minimum absolute atomic E-state index is 0.101. The number of sulfonamides is 1. The Morgan fingerprint density at radius 2 is 1.97 bits per heavy atom. The number of amides is 1. The van der Waals surface area contributed by atoms with E-state index in [2.05, 4.69) is 15.2 Å². The van der Waals surface area contributed by atoms with Crippen molar-refractivity contribution in [2.45, 2.75) is 37.6 Å². The monoisotopic (exact) mass is 445 g/mol. The highest BCUT2D eigenvalue weighted by Crippen LogP contribution is 2.30. The summed E-state index contributed by atoms with van der Waals surface area (Å²) in [7, 11) is -3.96. The average molecular weight is 445 g/mol. The van der Waals surface area contributed by atoms with E-state index in [0.717, 1.165) is 24.3 Å². The number of nitrogens with one attached hydrogen (secondary N) is 2. The van der Waals surface area contributed by atoms with Gasteiger partial charge in [-0.05, 0) is 56.2 Å². The van der Waals surface area contributed by atoms with Gasteiger partial charge in [-0.25, -0.2) is 4.39 Å². The Bertz CT molecular complexity index is 1230. The van der Waals surface area contributed by atoms with E-state index in [1.54, 1.807) is 19.1 Å². The van der Waals surface area contributed by atoms with Crippen LogP contribution in [0.5, 0.6) is 0 Å². The Morgan fingerprint density at radius 1 is 1.19 bits per heavy atom. The first kappa shape index (κ1) is 20.9. The van der Waals surface area contributed by atoms with Crippen molar-refractivity contribution in [1.82, 2.24) is 10.1 Å². The Labute approximate surface area is 178 Å². The van der Waals surface area contributed by atoms with Crippen LogP contribution in [0.25, 0.3) is 0 Å². The van der Waals surface area contributed by atoms with Gasteiger partial charge in [0.2, 0.25) is 0 Å². The average Bonchev–Trinajstić information content (AvgIpc) is 3.39. The molecule has 0 atom stereocenters. The molecule has 31 heavy (non-hydrogen) atoms. The Morgan fingerprint density at radius 3 is 2.68 bits per heavy atom. The maximum atomic E-state index is 13.1. The van der Waals surface area contributed by atoms with Gasteiger partial charge in [-0.2, -0.15) is 18.4 Å². The maximum absolute atomic E-state index is 13.1. The first-order valence-corrected chi connectivity index (χ1v) is 11.1. The molecule has 2 aromatic heterocycles. The van der Waals surface area contributed by atoms with Crippen LogP contribution in [0.1, 0.15) is 46.0 Å². The van der Waals surface area contributed by atoms with Gasteiger partial charge < -0.3 is 14.2 Å². The second-order valence-corrected chi connectivity index (χ2v) is 8.74. The molecule has 0 bridgehead atoms. The third kappa shape index (κ3) is 4.38. The van der Waals surface area contributed by atoms with Crippen LogP contribution < -0.4 is 10.1 Å². The zero-order valence-electron chi connectivity index (χ0n) is 16.6. The van der Waals surface area contributed by atoms with E-state index in [4.69, 9.17) is 8.83 Å². The molecule has 2 N–H and O–H groups in total. The lowest BCUT2D eigenvalue weighted by molar-refractivity contribution is 0.0917. The van der Waals surface area contributed by atoms with Crippen LogP contribution in [0.2, 0.25) is 0 Å². The number of carbonyl (C=O) groups is 1. The molecule has 0 fully saturated rings. The summed E-state index contributed by atoms with van der Waals surface area (Å²) < 4.78 is 49.0. The number of hydrogen-bond donors (Lipinski definition) is 2. The summed E-state index contributed by atoms with van der Waals surface area (Å²) in [5, 5.41) is 6.83. The first-order chi connectivity index (χ1) is 14.8. The van der Waals surface area contributed by atoms with E-state index in [0.29, 0.717) is 47.6 Å². The summed E-state index contributed by atoms with van der Waals surface area (Å²) in [6, 6.07) is 7.93. The van der Waals surface area contributed by atoms with Crippen molar-refractivity contribution >= 4 is 21.6 Å². The fourth-order valence-corrected chi connectivity index (χ4v) is 4.27. The lowest BCUT2D eigenvalue weighted by Crippen LogP contribution is -2.23. The molecule has 1 amide bonds. The lowest BCUT2D eigenvalue weighted by Gasteiger charge is -2.14. The zero-order chi connectivity index (χ0) is 22.0. The number of benzene rings is 1. The van der Waals surface area contributed by atoms with Crippen molar-refractivity contribution in [3.8, 4) is 0 Å². The van der Waals surface area contributed by atoms with Gasteiger partial charge in [0.1, 0.15) is 17.3 Å². The number of aryl methyl sites for hydroxylation is 1. The maximum Gasteiger partial charge on any atom is 0.287 e. The first-order valence-electron chi connectivity index (χ1n) is 9.62. The molecule has 3 aromatic rings. The zero-order valence-corrected chi connectivity index (χ0v) is 17.5. The molecule has 0 spiro atoms. The molecular formula is C21H20FN3O5S. The van der Waals surface area contributed by atoms with E-state index in [9.17, 15) is 17.6 Å². The topological polar surface area (TPSA) is 114 Å². The lowest BCUT2D eigenvalue weighted by atomic mass is 9.93. The van der Waals surface area contributed by atoms with Crippen LogP contribution in [-0.4, -0.2) is 20.0 Å². The van der Waals surface area contributed by atoms with E-state index >= 15 is 0 Å². The molecule has 0 aliphatic heterocycles. The number of halogens is 1. The normalized spacial score (nSPS) is 15.0. The van der Waals surface area contributed by atoms with Gasteiger partial charge in [-0.1, -0.05) is 0 Å². The Kier molecular flexibility index (Phi) is 5.64. The molecule has 1 aliphatic carbocycles. The molecule has 1 aromatic carbocycles.